The lowest BCUT2D eigenvalue weighted by Crippen LogP contribution is -2.26. The Morgan fingerprint density at radius 2 is 2.00 bits per heavy atom. The molecule has 0 fully saturated rings. The van der Waals surface area contributed by atoms with E-state index in [1.807, 2.05) is 12.1 Å². The van der Waals surface area contributed by atoms with E-state index in [-0.39, 0.29) is 0 Å². The van der Waals surface area contributed by atoms with Gasteiger partial charge in [0.15, 0.2) is 0 Å². The van der Waals surface area contributed by atoms with E-state index >= 15 is 0 Å². The summed E-state index contributed by atoms with van der Waals surface area (Å²) in [5.74, 6) is 1.99. The van der Waals surface area contributed by atoms with Crippen LogP contribution in [0.3, 0.4) is 0 Å². The van der Waals surface area contributed by atoms with Gasteiger partial charge in [-0.15, -0.1) is 11.8 Å². The van der Waals surface area contributed by atoms with Gasteiger partial charge in [0.2, 0.25) is 0 Å². The van der Waals surface area contributed by atoms with Gasteiger partial charge in [-0.3, -0.25) is 0 Å². The molecular formula is C14H22ClNS2. The second-order valence-corrected chi connectivity index (χ2v) is 6.42. The molecule has 0 bridgehead atoms. The largest absolute Gasteiger partial charge is 0.248 e. The first-order valence-corrected chi connectivity index (χ1v) is 8.51. The lowest BCUT2D eigenvalue weighted by Gasteiger charge is -2.31. The number of thiol groups is 1. The summed E-state index contributed by atoms with van der Waals surface area (Å²) in [5.41, 5.74) is 0.318. The van der Waals surface area contributed by atoms with Crippen molar-refractivity contribution in [3.8, 4) is 0 Å². The third-order valence-corrected chi connectivity index (χ3v) is 5.58. The van der Waals surface area contributed by atoms with E-state index in [1.165, 1.54) is 25.7 Å². The fraction of sp³-hybridized carbons (Fsp3) is 0.643. The summed E-state index contributed by atoms with van der Waals surface area (Å²) in [6, 6.07) is 3.77. The van der Waals surface area contributed by atoms with Crippen molar-refractivity contribution in [1.29, 1.82) is 0 Å². The van der Waals surface area contributed by atoms with Gasteiger partial charge in [-0.05, 0) is 36.1 Å². The van der Waals surface area contributed by atoms with Crippen LogP contribution < -0.4 is 0 Å². The van der Waals surface area contributed by atoms with E-state index in [2.05, 4.69) is 31.5 Å². The highest BCUT2D eigenvalue weighted by atomic mass is 35.5. The summed E-state index contributed by atoms with van der Waals surface area (Å²) in [6.45, 7) is 4.48. The molecule has 1 aromatic rings. The molecule has 102 valence electrons. The smallest absolute Gasteiger partial charge is 0.115 e. The molecule has 0 aliphatic heterocycles. The number of thioether (sulfide) groups is 1. The molecule has 0 N–H and O–H groups in total. The minimum Gasteiger partial charge on any atom is -0.248 e. The maximum Gasteiger partial charge on any atom is 0.115 e. The first-order chi connectivity index (χ1) is 8.67. The van der Waals surface area contributed by atoms with Gasteiger partial charge in [0, 0.05) is 11.9 Å². The van der Waals surface area contributed by atoms with Crippen LogP contribution in [-0.2, 0) is 0 Å². The summed E-state index contributed by atoms with van der Waals surface area (Å²) < 4.78 is 0. The van der Waals surface area contributed by atoms with Crippen LogP contribution in [0.1, 0.15) is 39.5 Å². The van der Waals surface area contributed by atoms with Gasteiger partial charge in [0.1, 0.15) is 5.03 Å². The number of hydrogen-bond acceptors (Lipinski definition) is 3. The molecule has 0 atom stereocenters. The van der Waals surface area contributed by atoms with E-state index in [0.29, 0.717) is 5.41 Å². The Morgan fingerprint density at radius 1 is 1.33 bits per heavy atom. The minimum absolute atomic E-state index is 0.318. The molecule has 0 unspecified atom stereocenters. The Hall–Kier alpha value is 0.140. The fourth-order valence-electron chi connectivity index (χ4n) is 2.23. The van der Waals surface area contributed by atoms with Crippen LogP contribution >= 0.6 is 36.0 Å². The Bertz CT molecular complexity index is 351. The van der Waals surface area contributed by atoms with Crippen molar-refractivity contribution in [3.05, 3.63) is 23.4 Å². The maximum absolute atomic E-state index is 6.15. The van der Waals surface area contributed by atoms with E-state index in [9.17, 15) is 0 Å². The van der Waals surface area contributed by atoms with Crippen LogP contribution in [-0.4, -0.2) is 16.5 Å². The molecule has 1 rings (SSSR count). The maximum atomic E-state index is 6.15. The molecule has 0 aliphatic carbocycles. The second kappa shape index (κ2) is 8.34. The van der Waals surface area contributed by atoms with Gasteiger partial charge < -0.3 is 0 Å². The third-order valence-electron chi connectivity index (χ3n) is 3.14. The fourth-order valence-corrected chi connectivity index (χ4v) is 4.27. The van der Waals surface area contributed by atoms with Crippen LogP contribution in [0.5, 0.6) is 0 Å². The zero-order valence-corrected chi connectivity index (χ0v) is 13.6. The van der Waals surface area contributed by atoms with Crippen LogP contribution in [0.25, 0.3) is 0 Å². The molecule has 0 amide bonds. The van der Waals surface area contributed by atoms with Crippen molar-refractivity contribution in [2.24, 2.45) is 5.41 Å². The lowest BCUT2D eigenvalue weighted by atomic mass is 9.83. The highest BCUT2D eigenvalue weighted by molar-refractivity contribution is 7.99. The van der Waals surface area contributed by atoms with Crippen LogP contribution in [0, 0.1) is 5.41 Å². The zero-order chi connectivity index (χ0) is 13.4. The molecule has 0 radical (unpaired) electrons. The first-order valence-electron chi connectivity index (χ1n) is 6.51. The first kappa shape index (κ1) is 16.2. The van der Waals surface area contributed by atoms with Gasteiger partial charge >= 0.3 is 0 Å². The Labute approximate surface area is 126 Å². The van der Waals surface area contributed by atoms with Crippen molar-refractivity contribution >= 4 is 36.0 Å². The van der Waals surface area contributed by atoms with Gasteiger partial charge in [-0.2, -0.15) is 12.6 Å². The molecule has 1 heterocycles. The van der Waals surface area contributed by atoms with E-state index in [0.717, 1.165) is 21.6 Å². The van der Waals surface area contributed by atoms with E-state index in [1.54, 1.807) is 18.0 Å². The van der Waals surface area contributed by atoms with Crippen molar-refractivity contribution in [3.63, 3.8) is 0 Å². The minimum atomic E-state index is 0.318. The van der Waals surface area contributed by atoms with Gasteiger partial charge in [0.25, 0.3) is 0 Å². The molecule has 0 spiro atoms. The summed E-state index contributed by atoms with van der Waals surface area (Å²) in [5, 5.41) is 1.70. The third kappa shape index (κ3) is 4.67. The van der Waals surface area contributed by atoms with Crippen molar-refractivity contribution in [2.75, 3.05) is 11.5 Å². The summed E-state index contributed by atoms with van der Waals surface area (Å²) in [6.07, 6.45) is 6.66. The Balaban J connectivity index is 2.69. The SMILES string of the molecule is CCCC(CS)(CCC)CSc1ncccc1Cl. The molecule has 0 saturated carbocycles. The van der Waals surface area contributed by atoms with Crippen molar-refractivity contribution < 1.29 is 0 Å². The molecule has 18 heavy (non-hydrogen) atoms. The number of aromatic nitrogens is 1. The van der Waals surface area contributed by atoms with Gasteiger partial charge in [-0.25, -0.2) is 4.98 Å². The average molecular weight is 304 g/mol. The molecule has 0 aromatic carbocycles. The van der Waals surface area contributed by atoms with E-state index < -0.39 is 0 Å². The topological polar surface area (TPSA) is 12.9 Å². The average Bonchev–Trinajstić information content (AvgIpc) is 2.38. The summed E-state index contributed by atoms with van der Waals surface area (Å²) in [7, 11) is 0. The van der Waals surface area contributed by atoms with Crippen molar-refractivity contribution in [1.82, 2.24) is 4.98 Å². The summed E-state index contributed by atoms with van der Waals surface area (Å²) in [4.78, 5) is 4.34. The molecule has 1 aromatic heterocycles. The predicted octanol–water partition coefficient (Wildman–Crippen LogP) is 5.34. The number of rotatable bonds is 8. The monoisotopic (exact) mass is 303 g/mol. The Morgan fingerprint density at radius 3 is 2.50 bits per heavy atom. The standard InChI is InChI=1S/C14H22ClNS2/c1-3-7-14(10-17,8-4-2)11-18-13-12(15)6-5-9-16-13/h5-6,9,17H,3-4,7-8,10-11H2,1-2H3. The molecule has 4 heteroatoms. The number of halogens is 1. The lowest BCUT2D eigenvalue weighted by molar-refractivity contribution is 0.318. The quantitative estimate of drug-likeness (QED) is 0.514. The number of nitrogens with zero attached hydrogens (tertiary/aromatic N) is 1. The van der Waals surface area contributed by atoms with E-state index in [4.69, 9.17) is 11.6 Å². The second-order valence-electron chi connectivity index (χ2n) is 4.74. The molecule has 0 aliphatic rings. The van der Waals surface area contributed by atoms with Gasteiger partial charge in [0.05, 0.1) is 5.02 Å². The summed E-state index contributed by atoms with van der Waals surface area (Å²) >= 11 is 12.5. The predicted molar refractivity (Wildman–Crippen MR) is 86.1 cm³/mol. The molecule has 0 saturated heterocycles. The number of hydrogen-bond donors (Lipinski definition) is 1. The molecule has 1 nitrogen and oxygen atoms in total. The normalized spacial score (nSPS) is 11.8. The number of pyridine rings is 1. The highest BCUT2D eigenvalue weighted by Gasteiger charge is 2.27. The molecular weight excluding hydrogens is 282 g/mol. The highest BCUT2D eigenvalue weighted by Crippen LogP contribution is 2.38. The van der Waals surface area contributed by atoms with Crippen LogP contribution in [0.4, 0.5) is 0 Å². The Kier molecular flexibility index (Phi) is 7.50. The van der Waals surface area contributed by atoms with Crippen molar-refractivity contribution in [2.45, 2.75) is 44.6 Å². The zero-order valence-electron chi connectivity index (χ0n) is 11.2. The van der Waals surface area contributed by atoms with Crippen LogP contribution in [0.15, 0.2) is 23.4 Å². The van der Waals surface area contributed by atoms with Gasteiger partial charge in [-0.1, -0.05) is 38.3 Å². The van der Waals surface area contributed by atoms with Crippen LogP contribution in [0.2, 0.25) is 5.02 Å².